The molecule has 1 atom stereocenters. The highest BCUT2D eigenvalue weighted by atomic mass is 35.5. The molecule has 2 amide bonds. The van der Waals surface area contributed by atoms with Gasteiger partial charge in [-0.1, -0.05) is 11.6 Å². The second kappa shape index (κ2) is 4.90. The minimum Gasteiger partial charge on any atom is -0.493 e. The molecule has 1 aromatic rings. The molecule has 5 nitrogen and oxygen atoms in total. The van der Waals surface area contributed by atoms with Crippen LogP contribution in [-0.4, -0.2) is 37.2 Å². The Hall–Kier alpha value is -1.88. The van der Waals surface area contributed by atoms with Gasteiger partial charge in [-0.3, -0.25) is 4.90 Å². The third-order valence-electron chi connectivity index (χ3n) is 3.59. The first kappa shape index (κ1) is 13.1. The first-order valence-corrected chi connectivity index (χ1v) is 6.77. The number of halogens is 1. The van der Waals surface area contributed by atoms with Gasteiger partial charge in [0.1, 0.15) is 5.50 Å². The number of urea groups is 1. The fourth-order valence-electron chi connectivity index (χ4n) is 2.63. The molecular formula is C14H15ClN2O3. The van der Waals surface area contributed by atoms with Gasteiger partial charge in [0, 0.05) is 12.1 Å². The summed E-state index contributed by atoms with van der Waals surface area (Å²) in [7, 11) is 3.21. The molecule has 2 aliphatic rings. The Bertz CT molecular complexity index is 600. The fraction of sp³-hybridized carbons (Fsp3) is 0.357. The number of ether oxygens (including phenoxy) is 2. The van der Waals surface area contributed by atoms with E-state index in [9.17, 15) is 4.79 Å². The highest BCUT2D eigenvalue weighted by molar-refractivity contribution is 6.23. The zero-order valence-electron chi connectivity index (χ0n) is 11.3. The topological polar surface area (TPSA) is 50.8 Å². The predicted octanol–water partition coefficient (Wildman–Crippen LogP) is 2.19. The zero-order chi connectivity index (χ0) is 14.3. The summed E-state index contributed by atoms with van der Waals surface area (Å²) in [5.41, 5.74) is 2.43. The van der Waals surface area contributed by atoms with Gasteiger partial charge in [-0.15, -0.1) is 0 Å². The summed E-state index contributed by atoms with van der Waals surface area (Å²) < 4.78 is 10.6. The lowest BCUT2D eigenvalue weighted by Gasteiger charge is -2.36. The van der Waals surface area contributed by atoms with Crippen LogP contribution in [0.25, 0.3) is 5.70 Å². The van der Waals surface area contributed by atoms with Crippen LogP contribution in [0.15, 0.2) is 18.2 Å². The van der Waals surface area contributed by atoms with E-state index in [1.54, 1.807) is 19.1 Å². The largest absolute Gasteiger partial charge is 0.493 e. The first-order chi connectivity index (χ1) is 9.63. The number of methoxy groups -OCH3 is 2. The third kappa shape index (κ3) is 1.98. The summed E-state index contributed by atoms with van der Waals surface area (Å²) in [5.74, 6) is 1.34. The average Bonchev–Trinajstić information content (AvgIpc) is 2.45. The van der Waals surface area contributed by atoms with E-state index in [4.69, 9.17) is 21.1 Å². The molecular weight excluding hydrogens is 280 g/mol. The van der Waals surface area contributed by atoms with Gasteiger partial charge in [-0.25, -0.2) is 4.79 Å². The molecule has 2 heterocycles. The SMILES string of the molecule is COc1cc2c(cc1OC)C1=CC(Cl)NC(=O)N1CC2. The Morgan fingerprint density at radius 2 is 2.00 bits per heavy atom. The molecule has 0 bridgehead atoms. The summed E-state index contributed by atoms with van der Waals surface area (Å²) in [6.45, 7) is 0.629. The third-order valence-corrected chi connectivity index (χ3v) is 3.83. The molecule has 0 fully saturated rings. The Kier molecular flexibility index (Phi) is 3.22. The van der Waals surface area contributed by atoms with Crippen molar-refractivity contribution in [3.8, 4) is 11.5 Å². The van der Waals surface area contributed by atoms with E-state index in [1.165, 1.54) is 0 Å². The van der Waals surface area contributed by atoms with Gasteiger partial charge < -0.3 is 14.8 Å². The van der Waals surface area contributed by atoms with E-state index < -0.39 is 5.50 Å². The van der Waals surface area contributed by atoms with Gasteiger partial charge in [0.2, 0.25) is 0 Å². The molecule has 0 aliphatic carbocycles. The highest BCUT2D eigenvalue weighted by Crippen LogP contribution is 2.38. The van der Waals surface area contributed by atoms with E-state index in [1.807, 2.05) is 18.2 Å². The van der Waals surface area contributed by atoms with Crippen molar-refractivity contribution < 1.29 is 14.3 Å². The Balaban J connectivity index is 2.14. The molecule has 0 saturated heterocycles. The second-order valence-corrected chi connectivity index (χ2v) is 5.14. The number of carbonyl (C=O) groups is 1. The van der Waals surface area contributed by atoms with E-state index in [0.29, 0.717) is 18.0 Å². The maximum atomic E-state index is 12.0. The van der Waals surface area contributed by atoms with Gasteiger partial charge in [0.05, 0.1) is 19.9 Å². The van der Waals surface area contributed by atoms with Crippen LogP contribution < -0.4 is 14.8 Å². The number of carbonyl (C=O) groups excluding carboxylic acids is 1. The number of nitrogens with zero attached hydrogens (tertiary/aromatic N) is 1. The number of fused-ring (bicyclic) bond motifs is 3. The van der Waals surface area contributed by atoms with E-state index in [0.717, 1.165) is 23.2 Å². The molecule has 0 radical (unpaired) electrons. The molecule has 1 N–H and O–H groups in total. The van der Waals surface area contributed by atoms with Gasteiger partial charge >= 0.3 is 6.03 Å². The molecule has 0 spiro atoms. The highest BCUT2D eigenvalue weighted by Gasteiger charge is 2.31. The van der Waals surface area contributed by atoms with Crippen LogP contribution in [0.2, 0.25) is 0 Å². The number of alkyl halides is 1. The van der Waals surface area contributed by atoms with Crippen LogP contribution >= 0.6 is 11.6 Å². The minimum absolute atomic E-state index is 0.164. The van der Waals surface area contributed by atoms with Gasteiger partial charge in [0.25, 0.3) is 0 Å². The molecule has 0 aromatic heterocycles. The normalized spacial score (nSPS) is 20.6. The van der Waals surface area contributed by atoms with Crippen molar-refractivity contribution in [3.05, 3.63) is 29.3 Å². The van der Waals surface area contributed by atoms with Gasteiger partial charge in [-0.05, 0) is 30.2 Å². The number of amides is 2. The lowest BCUT2D eigenvalue weighted by Crippen LogP contribution is -2.48. The van der Waals surface area contributed by atoms with Crippen molar-refractivity contribution >= 4 is 23.3 Å². The summed E-state index contributed by atoms with van der Waals surface area (Å²) in [6.07, 6.45) is 2.61. The van der Waals surface area contributed by atoms with E-state index >= 15 is 0 Å². The fourth-order valence-corrected chi connectivity index (χ4v) is 2.84. The molecule has 0 saturated carbocycles. The van der Waals surface area contributed by atoms with Crippen molar-refractivity contribution in [3.63, 3.8) is 0 Å². The smallest absolute Gasteiger partial charge is 0.323 e. The van der Waals surface area contributed by atoms with Crippen molar-refractivity contribution in [1.82, 2.24) is 10.2 Å². The number of hydrogen-bond acceptors (Lipinski definition) is 3. The number of hydrogen-bond donors (Lipinski definition) is 1. The lowest BCUT2D eigenvalue weighted by atomic mass is 9.95. The maximum absolute atomic E-state index is 12.0. The van der Waals surface area contributed by atoms with Crippen LogP contribution in [0.5, 0.6) is 11.5 Å². The van der Waals surface area contributed by atoms with Crippen molar-refractivity contribution in [2.45, 2.75) is 11.9 Å². The van der Waals surface area contributed by atoms with Crippen LogP contribution in [-0.2, 0) is 6.42 Å². The summed E-state index contributed by atoms with van der Waals surface area (Å²) in [4.78, 5) is 13.7. The Labute approximate surface area is 122 Å². The van der Waals surface area contributed by atoms with Gasteiger partial charge in [-0.2, -0.15) is 0 Å². The van der Waals surface area contributed by atoms with Crippen molar-refractivity contribution in [2.24, 2.45) is 0 Å². The standard InChI is InChI=1S/C14H15ClN2O3/c1-19-11-5-8-3-4-17-10(7-13(15)16-14(17)18)9(8)6-12(11)20-2/h5-7,13H,3-4H2,1-2H3,(H,16,18). The monoisotopic (exact) mass is 294 g/mol. The molecule has 3 rings (SSSR count). The molecule has 1 unspecified atom stereocenters. The van der Waals surface area contributed by atoms with E-state index in [-0.39, 0.29) is 6.03 Å². The van der Waals surface area contributed by atoms with Crippen molar-refractivity contribution in [2.75, 3.05) is 20.8 Å². The average molecular weight is 295 g/mol. The molecule has 6 heteroatoms. The van der Waals surface area contributed by atoms with E-state index in [2.05, 4.69) is 5.32 Å². The maximum Gasteiger partial charge on any atom is 0.323 e. The minimum atomic E-state index is -0.493. The summed E-state index contributed by atoms with van der Waals surface area (Å²) in [5, 5.41) is 2.68. The number of nitrogens with one attached hydrogen (secondary N) is 1. The Morgan fingerprint density at radius 3 is 2.70 bits per heavy atom. The molecule has 2 aliphatic heterocycles. The quantitative estimate of drug-likeness (QED) is 0.672. The lowest BCUT2D eigenvalue weighted by molar-refractivity contribution is 0.215. The van der Waals surface area contributed by atoms with Crippen LogP contribution in [0.1, 0.15) is 11.1 Å². The van der Waals surface area contributed by atoms with Crippen LogP contribution in [0.3, 0.4) is 0 Å². The summed E-state index contributed by atoms with van der Waals surface area (Å²) >= 11 is 6.04. The van der Waals surface area contributed by atoms with Crippen LogP contribution in [0.4, 0.5) is 4.79 Å². The van der Waals surface area contributed by atoms with Gasteiger partial charge in [0.15, 0.2) is 11.5 Å². The van der Waals surface area contributed by atoms with Crippen LogP contribution in [0, 0.1) is 0 Å². The van der Waals surface area contributed by atoms with Crippen molar-refractivity contribution in [1.29, 1.82) is 0 Å². The number of rotatable bonds is 2. The second-order valence-electron chi connectivity index (χ2n) is 4.67. The Morgan fingerprint density at radius 1 is 1.30 bits per heavy atom. The number of benzene rings is 1. The first-order valence-electron chi connectivity index (χ1n) is 6.33. The zero-order valence-corrected chi connectivity index (χ0v) is 12.0. The molecule has 1 aromatic carbocycles. The molecule has 20 heavy (non-hydrogen) atoms. The summed E-state index contributed by atoms with van der Waals surface area (Å²) in [6, 6.07) is 3.69. The molecule has 106 valence electrons. The predicted molar refractivity (Wildman–Crippen MR) is 76.1 cm³/mol.